The van der Waals surface area contributed by atoms with E-state index >= 15 is 0 Å². The van der Waals surface area contributed by atoms with E-state index in [1.807, 2.05) is 18.2 Å². The number of hydrogen-bond donors (Lipinski definition) is 0. The summed E-state index contributed by atoms with van der Waals surface area (Å²) in [6.45, 7) is 8.93. The van der Waals surface area contributed by atoms with Gasteiger partial charge in [0.15, 0.2) is 0 Å². The van der Waals surface area contributed by atoms with Gasteiger partial charge >= 0.3 is 11.9 Å². The number of rotatable bonds is 12. The van der Waals surface area contributed by atoms with E-state index in [4.69, 9.17) is 14.2 Å². The van der Waals surface area contributed by atoms with Crippen molar-refractivity contribution in [3.8, 4) is 22.8 Å². The lowest BCUT2D eigenvalue weighted by Gasteiger charge is -2.31. The summed E-state index contributed by atoms with van der Waals surface area (Å²) in [5, 5.41) is 0. The third kappa shape index (κ3) is 7.50. The number of hydrogen-bond acceptors (Lipinski definition) is 7. The Hall–Kier alpha value is -3.78. The Morgan fingerprint density at radius 3 is 2.37 bits per heavy atom. The zero-order chi connectivity index (χ0) is 29.7. The number of methoxy groups -OCH3 is 2. The van der Waals surface area contributed by atoms with Gasteiger partial charge in [-0.25, -0.2) is 14.2 Å². The van der Waals surface area contributed by atoms with Crippen molar-refractivity contribution in [2.45, 2.75) is 71.5 Å². The van der Waals surface area contributed by atoms with Gasteiger partial charge < -0.3 is 14.2 Å². The molecule has 0 radical (unpaired) electrons. The molecule has 218 valence electrons. The van der Waals surface area contributed by atoms with Gasteiger partial charge in [0, 0.05) is 30.3 Å². The van der Waals surface area contributed by atoms with Crippen LogP contribution in [0.1, 0.15) is 74.4 Å². The molecule has 7 nitrogen and oxygen atoms in total. The van der Waals surface area contributed by atoms with E-state index in [0.717, 1.165) is 30.2 Å². The van der Waals surface area contributed by atoms with Crippen LogP contribution in [-0.2, 0) is 16.1 Å². The molecule has 0 amide bonds. The van der Waals surface area contributed by atoms with Gasteiger partial charge in [0.25, 0.3) is 0 Å². The van der Waals surface area contributed by atoms with Crippen LogP contribution in [0.5, 0.6) is 11.6 Å². The number of aromatic nitrogens is 1. The minimum atomic E-state index is -0.515. The molecule has 1 fully saturated rings. The molecule has 1 atom stereocenters. The largest absolute Gasteiger partial charge is 0.481 e. The quantitative estimate of drug-likeness (QED) is 0.178. The van der Waals surface area contributed by atoms with Gasteiger partial charge in [0.1, 0.15) is 11.6 Å². The third-order valence-corrected chi connectivity index (χ3v) is 7.65. The average molecular weight is 563 g/mol. The molecule has 0 bridgehead atoms. The Kier molecular flexibility index (Phi) is 9.76. The fraction of sp³-hybridized carbons (Fsp3) is 0.424. The first-order valence-corrected chi connectivity index (χ1v) is 14.1. The first-order chi connectivity index (χ1) is 19.6. The molecule has 41 heavy (non-hydrogen) atoms. The summed E-state index contributed by atoms with van der Waals surface area (Å²) in [5.74, 6) is -0.0839. The Balaban J connectivity index is 1.65. The highest BCUT2D eigenvalue weighted by Crippen LogP contribution is 2.45. The summed E-state index contributed by atoms with van der Waals surface area (Å²) >= 11 is 0. The van der Waals surface area contributed by atoms with Crippen LogP contribution in [0.4, 0.5) is 4.39 Å². The van der Waals surface area contributed by atoms with Crippen LogP contribution < -0.4 is 9.47 Å². The van der Waals surface area contributed by atoms with Crippen molar-refractivity contribution in [3.05, 3.63) is 77.2 Å². The van der Waals surface area contributed by atoms with Crippen molar-refractivity contribution < 1.29 is 28.2 Å². The molecular formula is C33H39FN2O5. The lowest BCUT2D eigenvalue weighted by atomic mass is 9.91. The number of carbonyl (C=O) groups is 2. The van der Waals surface area contributed by atoms with Crippen LogP contribution >= 0.6 is 0 Å². The summed E-state index contributed by atoms with van der Waals surface area (Å²) in [5.41, 5.74) is 3.10. The highest BCUT2D eigenvalue weighted by molar-refractivity contribution is 5.92. The van der Waals surface area contributed by atoms with Crippen LogP contribution in [0, 0.1) is 11.7 Å². The Morgan fingerprint density at radius 2 is 1.73 bits per heavy atom. The standard InChI is InChI=1S/C33H39FN2O5/c1-20(2)36(21(3)4)19-25-14-24(12-13-27(25)29-16-31(39-5)35-18-30(29)34)33(38)41-26-9-7-8-23(15-26)28(22-10-11-22)17-32(37)40-6/h7-9,12-16,18,20-22,28H,10-11,17,19H2,1-6H3. The fourth-order valence-corrected chi connectivity index (χ4v) is 5.30. The summed E-state index contributed by atoms with van der Waals surface area (Å²) in [7, 11) is 2.88. The SMILES string of the molecule is COC(=O)CC(c1cccc(OC(=O)c2ccc(-c3cc(OC)ncc3F)c(CN(C(C)C)C(C)C)c2)c1)C1CC1. The summed E-state index contributed by atoms with van der Waals surface area (Å²) in [6.07, 6.45) is 3.57. The van der Waals surface area contributed by atoms with E-state index in [0.29, 0.717) is 47.2 Å². The fourth-order valence-electron chi connectivity index (χ4n) is 5.30. The van der Waals surface area contributed by atoms with E-state index in [9.17, 15) is 14.0 Å². The number of benzene rings is 2. The predicted octanol–water partition coefficient (Wildman–Crippen LogP) is 6.79. The number of pyridine rings is 1. The Morgan fingerprint density at radius 1 is 1.00 bits per heavy atom. The highest BCUT2D eigenvalue weighted by Gasteiger charge is 2.34. The topological polar surface area (TPSA) is 78.0 Å². The number of carbonyl (C=O) groups excluding carboxylic acids is 2. The van der Waals surface area contributed by atoms with Crippen molar-refractivity contribution in [3.63, 3.8) is 0 Å². The van der Waals surface area contributed by atoms with E-state index in [1.165, 1.54) is 14.2 Å². The van der Waals surface area contributed by atoms with Crippen LogP contribution in [0.3, 0.4) is 0 Å². The number of esters is 2. The maximum absolute atomic E-state index is 15.0. The summed E-state index contributed by atoms with van der Waals surface area (Å²) in [4.78, 5) is 31.6. The Bertz CT molecular complexity index is 1380. The van der Waals surface area contributed by atoms with Gasteiger partial charge in [-0.2, -0.15) is 0 Å². The van der Waals surface area contributed by atoms with E-state index in [2.05, 4.69) is 37.6 Å². The van der Waals surface area contributed by atoms with Gasteiger partial charge in [-0.1, -0.05) is 18.2 Å². The molecule has 0 spiro atoms. The minimum Gasteiger partial charge on any atom is -0.481 e. The van der Waals surface area contributed by atoms with Gasteiger partial charge in [-0.05, 0) is 93.3 Å². The van der Waals surface area contributed by atoms with E-state index in [-0.39, 0.29) is 24.0 Å². The summed E-state index contributed by atoms with van der Waals surface area (Å²) < 4.78 is 30.9. The van der Waals surface area contributed by atoms with Crippen molar-refractivity contribution in [1.29, 1.82) is 0 Å². The lowest BCUT2D eigenvalue weighted by molar-refractivity contribution is -0.141. The number of nitrogens with zero attached hydrogens (tertiary/aromatic N) is 2. The first-order valence-electron chi connectivity index (χ1n) is 14.1. The molecule has 1 saturated carbocycles. The van der Waals surface area contributed by atoms with Crippen molar-refractivity contribution in [2.24, 2.45) is 5.92 Å². The molecule has 2 aromatic carbocycles. The molecule has 4 rings (SSSR count). The molecular weight excluding hydrogens is 523 g/mol. The molecule has 0 N–H and O–H groups in total. The normalized spacial score (nSPS) is 13.9. The predicted molar refractivity (Wildman–Crippen MR) is 155 cm³/mol. The highest BCUT2D eigenvalue weighted by atomic mass is 19.1. The maximum Gasteiger partial charge on any atom is 0.343 e. The van der Waals surface area contributed by atoms with Gasteiger partial charge in [0.05, 0.1) is 32.4 Å². The average Bonchev–Trinajstić information content (AvgIpc) is 3.80. The molecule has 1 aromatic heterocycles. The Labute approximate surface area is 241 Å². The van der Waals surface area contributed by atoms with E-state index < -0.39 is 11.8 Å². The molecule has 1 aliphatic rings. The van der Waals surface area contributed by atoms with Crippen molar-refractivity contribution in [1.82, 2.24) is 9.88 Å². The second-order valence-corrected chi connectivity index (χ2v) is 11.1. The minimum absolute atomic E-state index is 0.0253. The monoisotopic (exact) mass is 562 g/mol. The second-order valence-electron chi connectivity index (χ2n) is 11.1. The van der Waals surface area contributed by atoms with Crippen LogP contribution in [0.15, 0.2) is 54.7 Å². The second kappa shape index (κ2) is 13.3. The van der Waals surface area contributed by atoms with Crippen molar-refractivity contribution in [2.75, 3.05) is 14.2 Å². The van der Waals surface area contributed by atoms with E-state index in [1.54, 1.807) is 30.3 Å². The van der Waals surface area contributed by atoms with Crippen LogP contribution in [0.2, 0.25) is 0 Å². The zero-order valence-electron chi connectivity index (χ0n) is 24.6. The van der Waals surface area contributed by atoms with Gasteiger partial charge in [-0.3, -0.25) is 9.69 Å². The smallest absolute Gasteiger partial charge is 0.343 e. The molecule has 1 heterocycles. The zero-order valence-corrected chi connectivity index (χ0v) is 24.6. The third-order valence-electron chi connectivity index (χ3n) is 7.65. The molecule has 0 aliphatic heterocycles. The molecule has 0 saturated heterocycles. The van der Waals surface area contributed by atoms with Crippen LogP contribution in [-0.4, -0.2) is 48.1 Å². The maximum atomic E-state index is 15.0. The molecule has 1 unspecified atom stereocenters. The van der Waals surface area contributed by atoms with Gasteiger partial charge in [-0.15, -0.1) is 0 Å². The molecule has 1 aliphatic carbocycles. The van der Waals surface area contributed by atoms with Crippen molar-refractivity contribution >= 4 is 11.9 Å². The first kappa shape index (κ1) is 30.2. The molecule has 8 heteroatoms. The van der Waals surface area contributed by atoms with Crippen LogP contribution in [0.25, 0.3) is 11.1 Å². The molecule has 3 aromatic rings. The lowest BCUT2D eigenvalue weighted by Crippen LogP contribution is -2.36. The van der Waals surface area contributed by atoms with Gasteiger partial charge in [0.2, 0.25) is 5.88 Å². The number of halogens is 1. The summed E-state index contributed by atoms with van der Waals surface area (Å²) in [6, 6.07) is 14.5. The number of ether oxygens (including phenoxy) is 3.